The molecule has 0 bridgehead atoms. The van der Waals surface area contributed by atoms with Gasteiger partial charge in [-0.2, -0.15) is 5.10 Å². The minimum absolute atomic E-state index is 0.00405. The van der Waals surface area contributed by atoms with Crippen LogP contribution in [0.15, 0.2) is 31.0 Å². The fraction of sp³-hybridized carbons (Fsp3) is 0.500. The third kappa shape index (κ3) is 3.58. The molecule has 0 unspecified atom stereocenters. The number of rotatable bonds is 5. The molecule has 0 radical (unpaired) electrons. The topological polar surface area (TPSA) is 93.0 Å². The molecule has 1 fully saturated rings. The van der Waals surface area contributed by atoms with Gasteiger partial charge in [0.2, 0.25) is 5.91 Å². The Morgan fingerprint density at radius 2 is 2.19 bits per heavy atom. The summed E-state index contributed by atoms with van der Waals surface area (Å²) in [5, 5.41) is 6.90. The molecule has 8 heteroatoms. The second kappa shape index (κ2) is 7.23. The Labute approximate surface area is 152 Å². The van der Waals surface area contributed by atoms with Crippen molar-refractivity contribution in [2.75, 3.05) is 6.54 Å². The zero-order valence-electron chi connectivity index (χ0n) is 15.3. The molecule has 1 N–H and O–H groups in total. The number of aromatic nitrogens is 4. The van der Waals surface area contributed by atoms with E-state index in [9.17, 15) is 9.59 Å². The Morgan fingerprint density at radius 3 is 2.88 bits per heavy atom. The summed E-state index contributed by atoms with van der Waals surface area (Å²) >= 11 is 0. The highest BCUT2D eigenvalue weighted by atomic mass is 16.2. The minimum Gasteiger partial charge on any atom is -0.351 e. The van der Waals surface area contributed by atoms with Crippen molar-refractivity contribution in [1.82, 2.24) is 30.0 Å². The number of nitrogens with one attached hydrogen (secondary N) is 1. The summed E-state index contributed by atoms with van der Waals surface area (Å²) in [4.78, 5) is 34.5. The molecule has 3 rings (SSSR count). The van der Waals surface area contributed by atoms with Crippen LogP contribution in [0.4, 0.5) is 0 Å². The average molecular weight is 356 g/mol. The van der Waals surface area contributed by atoms with Gasteiger partial charge < -0.3 is 10.2 Å². The van der Waals surface area contributed by atoms with Crippen molar-refractivity contribution in [2.24, 2.45) is 0 Å². The molecular weight excluding hydrogens is 332 g/mol. The molecule has 0 aromatic carbocycles. The molecule has 3 heterocycles. The van der Waals surface area contributed by atoms with Gasteiger partial charge in [-0.05, 0) is 44.4 Å². The van der Waals surface area contributed by atoms with E-state index in [1.807, 2.05) is 30.9 Å². The lowest BCUT2D eigenvalue weighted by Crippen LogP contribution is -2.47. The van der Waals surface area contributed by atoms with Crippen molar-refractivity contribution in [1.29, 1.82) is 0 Å². The van der Waals surface area contributed by atoms with E-state index in [0.29, 0.717) is 13.1 Å². The quantitative estimate of drug-likeness (QED) is 0.874. The third-order valence-electron chi connectivity index (χ3n) is 4.77. The molecule has 26 heavy (non-hydrogen) atoms. The molecule has 1 atom stereocenters. The van der Waals surface area contributed by atoms with Crippen LogP contribution in [0.2, 0.25) is 0 Å². The second-order valence-corrected chi connectivity index (χ2v) is 7.05. The van der Waals surface area contributed by atoms with E-state index < -0.39 is 5.54 Å². The van der Waals surface area contributed by atoms with Gasteiger partial charge >= 0.3 is 0 Å². The predicted molar refractivity (Wildman–Crippen MR) is 94.8 cm³/mol. The van der Waals surface area contributed by atoms with Crippen LogP contribution in [-0.2, 0) is 21.7 Å². The van der Waals surface area contributed by atoms with Crippen LogP contribution >= 0.6 is 0 Å². The first-order valence-electron chi connectivity index (χ1n) is 8.75. The summed E-state index contributed by atoms with van der Waals surface area (Å²) in [5.74, 6) is -0.0739. The number of pyridine rings is 1. The number of carbonyl (C=O) groups excluding carboxylic acids is 2. The lowest BCUT2D eigenvalue weighted by atomic mass is 10.0. The Morgan fingerprint density at radius 1 is 1.38 bits per heavy atom. The zero-order chi connectivity index (χ0) is 18.7. The fourth-order valence-corrected chi connectivity index (χ4v) is 3.32. The summed E-state index contributed by atoms with van der Waals surface area (Å²) in [6.07, 6.45) is 6.60. The Hall–Kier alpha value is -2.77. The van der Waals surface area contributed by atoms with Gasteiger partial charge in [-0.1, -0.05) is 0 Å². The van der Waals surface area contributed by atoms with Crippen molar-refractivity contribution in [3.63, 3.8) is 0 Å². The lowest BCUT2D eigenvalue weighted by Gasteiger charge is -2.33. The van der Waals surface area contributed by atoms with Gasteiger partial charge in [-0.15, -0.1) is 0 Å². The first kappa shape index (κ1) is 18.0. The van der Waals surface area contributed by atoms with E-state index in [4.69, 9.17) is 0 Å². The molecule has 8 nitrogen and oxygen atoms in total. The highest BCUT2D eigenvalue weighted by Crippen LogP contribution is 2.35. The van der Waals surface area contributed by atoms with Crippen LogP contribution in [0, 0.1) is 0 Å². The first-order chi connectivity index (χ1) is 12.4. The maximum absolute atomic E-state index is 13.2. The molecule has 0 aliphatic carbocycles. The maximum Gasteiger partial charge on any atom is 0.250 e. The first-order valence-corrected chi connectivity index (χ1v) is 8.75. The van der Waals surface area contributed by atoms with E-state index in [0.717, 1.165) is 24.1 Å². The molecule has 0 spiro atoms. The number of hydrogen-bond acceptors (Lipinski definition) is 5. The molecule has 2 aromatic rings. The standard InChI is InChI=1S/C18H24N6O2/c1-13(25)21-10-15-9-14(6-7-20-15)16-5-4-8-23(16)17(26)18(2,3)24-12-19-11-22-24/h6-7,9,11-12,16H,4-5,8,10H2,1-3H3,(H,21,25)/t16-/m1/s1. The van der Waals surface area contributed by atoms with Gasteiger partial charge in [-0.25, -0.2) is 9.67 Å². The highest BCUT2D eigenvalue weighted by molar-refractivity contribution is 5.84. The molecule has 1 aliphatic heterocycles. The average Bonchev–Trinajstić information content (AvgIpc) is 3.31. The van der Waals surface area contributed by atoms with Crippen LogP contribution < -0.4 is 5.32 Å². The van der Waals surface area contributed by atoms with Crippen molar-refractivity contribution >= 4 is 11.8 Å². The van der Waals surface area contributed by atoms with E-state index >= 15 is 0 Å². The van der Waals surface area contributed by atoms with Gasteiger partial charge in [0.1, 0.15) is 18.2 Å². The van der Waals surface area contributed by atoms with Crippen LogP contribution in [0.25, 0.3) is 0 Å². The molecule has 1 saturated heterocycles. The molecule has 1 aliphatic rings. The van der Waals surface area contributed by atoms with E-state index in [-0.39, 0.29) is 17.9 Å². The van der Waals surface area contributed by atoms with Gasteiger partial charge in [0, 0.05) is 19.7 Å². The Kier molecular flexibility index (Phi) is 5.01. The Balaban J connectivity index is 1.81. The van der Waals surface area contributed by atoms with E-state index in [1.165, 1.54) is 13.3 Å². The van der Waals surface area contributed by atoms with Crippen molar-refractivity contribution in [3.8, 4) is 0 Å². The number of hydrogen-bond donors (Lipinski definition) is 1. The summed E-state index contributed by atoms with van der Waals surface area (Å²) in [6.45, 7) is 6.29. The molecule has 138 valence electrons. The minimum atomic E-state index is -0.800. The van der Waals surface area contributed by atoms with E-state index in [1.54, 1.807) is 17.2 Å². The SMILES string of the molecule is CC(=O)NCc1cc([C@H]2CCCN2C(=O)C(C)(C)n2cncn2)ccn1. The van der Waals surface area contributed by atoms with E-state index in [2.05, 4.69) is 20.4 Å². The Bertz CT molecular complexity index is 787. The van der Waals surface area contributed by atoms with Gasteiger partial charge in [0.15, 0.2) is 0 Å². The second-order valence-electron chi connectivity index (χ2n) is 7.05. The summed E-state index contributed by atoms with van der Waals surface area (Å²) in [5.41, 5.74) is 1.03. The molecule has 0 saturated carbocycles. The van der Waals surface area contributed by atoms with Crippen molar-refractivity contribution in [3.05, 3.63) is 42.2 Å². The van der Waals surface area contributed by atoms with Crippen molar-refractivity contribution < 1.29 is 9.59 Å². The fourth-order valence-electron chi connectivity index (χ4n) is 3.32. The molecule has 2 aromatic heterocycles. The van der Waals surface area contributed by atoms with Crippen LogP contribution in [0.1, 0.15) is 50.9 Å². The van der Waals surface area contributed by atoms with Crippen LogP contribution in [0.5, 0.6) is 0 Å². The lowest BCUT2D eigenvalue weighted by molar-refractivity contribution is -0.140. The summed E-state index contributed by atoms with van der Waals surface area (Å²) in [7, 11) is 0. The van der Waals surface area contributed by atoms with Gasteiger partial charge in [-0.3, -0.25) is 14.6 Å². The smallest absolute Gasteiger partial charge is 0.250 e. The van der Waals surface area contributed by atoms with Gasteiger partial charge in [0.05, 0.1) is 18.3 Å². The molecule has 2 amide bonds. The summed E-state index contributed by atoms with van der Waals surface area (Å²) < 4.78 is 1.60. The van der Waals surface area contributed by atoms with Crippen molar-refractivity contribution in [2.45, 2.75) is 51.7 Å². The largest absolute Gasteiger partial charge is 0.351 e. The molecular formula is C18H24N6O2. The number of amides is 2. The number of carbonyl (C=O) groups is 2. The van der Waals surface area contributed by atoms with Crippen LogP contribution in [0.3, 0.4) is 0 Å². The predicted octanol–water partition coefficient (Wildman–Crippen LogP) is 1.41. The van der Waals surface area contributed by atoms with Crippen LogP contribution in [-0.4, -0.2) is 43.0 Å². The number of nitrogens with zero attached hydrogens (tertiary/aromatic N) is 5. The zero-order valence-corrected chi connectivity index (χ0v) is 15.3. The monoisotopic (exact) mass is 356 g/mol. The maximum atomic E-state index is 13.2. The highest BCUT2D eigenvalue weighted by Gasteiger charge is 2.40. The number of likely N-dealkylation sites (tertiary alicyclic amines) is 1. The third-order valence-corrected chi connectivity index (χ3v) is 4.77. The van der Waals surface area contributed by atoms with Gasteiger partial charge in [0.25, 0.3) is 5.91 Å². The summed E-state index contributed by atoms with van der Waals surface area (Å²) in [6, 6.07) is 3.91. The normalized spacial score (nSPS) is 17.3.